The highest BCUT2D eigenvalue weighted by Crippen LogP contribution is 2.31. The van der Waals surface area contributed by atoms with E-state index in [0.29, 0.717) is 37.9 Å². The Kier molecular flexibility index (Phi) is 9.38. The van der Waals surface area contributed by atoms with Gasteiger partial charge in [-0.05, 0) is 62.4 Å². The number of amides is 3. The normalized spacial score (nSPS) is 19.1. The van der Waals surface area contributed by atoms with Crippen molar-refractivity contribution in [2.45, 2.75) is 58.5 Å². The standard InChI is InChI=1S/C31H40N4O4/c1-4-33(5-2)25-13-11-24(12-14-25)31(39)32-17-15-22(3)19-28(37)34-18-16-26-30(34)27(36)21-35(26)29(38)20-23-9-7-6-8-10-23/h6-14,22,26,30H,4-5,15-21H2,1-3H3,(H,32,39). The number of nitrogens with one attached hydrogen (secondary N) is 1. The van der Waals surface area contributed by atoms with Gasteiger partial charge in [-0.2, -0.15) is 0 Å². The number of carbonyl (C=O) groups excluding carboxylic acids is 4. The molecule has 1 N–H and O–H groups in total. The van der Waals surface area contributed by atoms with Crippen molar-refractivity contribution >= 4 is 29.2 Å². The van der Waals surface area contributed by atoms with Gasteiger partial charge in [0.25, 0.3) is 5.91 Å². The van der Waals surface area contributed by atoms with Crippen molar-refractivity contribution in [1.82, 2.24) is 15.1 Å². The maximum Gasteiger partial charge on any atom is 0.251 e. The molecular weight excluding hydrogens is 492 g/mol. The molecule has 208 valence electrons. The van der Waals surface area contributed by atoms with Gasteiger partial charge in [-0.3, -0.25) is 19.2 Å². The Morgan fingerprint density at radius 2 is 1.67 bits per heavy atom. The van der Waals surface area contributed by atoms with Crippen LogP contribution in [0.3, 0.4) is 0 Å². The molecule has 2 aromatic rings. The molecule has 8 nitrogen and oxygen atoms in total. The van der Waals surface area contributed by atoms with Crippen molar-refractivity contribution in [3.05, 3.63) is 65.7 Å². The number of anilines is 1. The molecule has 2 aliphatic heterocycles. The maximum absolute atomic E-state index is 13.1. The Morgan fingerprint density at radius 1 is 0.974 bits per heavy atom. The summed E-state index contributed by atoms with van der Waals surface area (Å²) in [5.74, 6) is -0.255. The van der Waals surface area contributed by atoms with E-state index < -0.39 is 6.04 Å². The van der Waals surface area contributed by atoms with Crippen molar-refractivity contribution < 1.29 is 19.2 Å². The number of benzene rings is 2. The van der Waals surface area contributed by atoms with E-state index in [1.54, 1.807) is 9.80 Å². The summed E-state index contributed by atoms with van der Waals surface area (Å²) < 4.78 is 0. The summed E-state index contributed by atoms with van der Waals surface area (Å²) >= 11 is 0. The Hall–Kier alpha value is -3.68. The van der Waals surface area contributed by atoms with Gasteiger partial charge < -0.3 is 20.0 Å². The number of likely N-dealkylation sites (tertiary alicyclic amines) is 2. The molecule has 0 radical (unpaired) electrons. The molecule has 2 aliphatic rings. The lowest BCUT2D eigenvalue weighted by atomic mass is 10.0. The van der Waals surface area contributed by atoms with Gasteiger partial charge in [-0.25, -0.2) is 0 Å². The van der Waals surface area contributed by atoms with Crippen LogP contribution in [-0.4, -0.2) is 78.1 Å². The van der Waals surface area contributed by atoms with Crippen LogP contribution >= 0.6 is 0 Å². The van der Waals surface area contributed by atoms with Crippen LogP contribution in [0.1, 0.15) is 56.0 Å². The number of nitrogens with zero attached hydrogens (tertiary/aromatic N) is 3. The molecule has 2 aromatic carbocycles. The molecule has 0 saturated carbocycles. The van der Waals surface area contributed by atoms with Gasteiger partial charge in [-0.15, -0.1) is 0 Å². The first kappa shape index (κ1) is 28.3. The number of carbonyl (C=O) groups is 4. The summed E-state index contributed by atoms with van der Waals surface area (Å²) in [6.45, 7) is 9.05. The molecular formula is C31H40N4O4. The Labute approximate surface area is 231 Å². The second-order valence-corrected chi connectivity index (χ2v) is 10.6. The van der Waals surface area contributed by atoms with Crippen molar-refractivity contribution in [3.8, 4) is 0 Å². The third kappa shape index (κ3) is 6.67. The summed E-state index contributed by atoms with van der Waals surface area (Å²) in [5, 5.41) is 2.96. The predicted octanol–water partition coefficient (Wildman–Crippen LogP) is 3.30. The van der Waals surface area contributed by atoms with Crippen LogP contribution in [0.15, 0.2) is 54.6 Å². The number of rotatable bonds is 11. The fraction of sp³-hybridized carbons (Fsp3) is 0.484. The predicted molar refractivity (Wildman–Crippen MR) is 152 cm³/mol. The van der Waals surface area contributed by atoms with E-state index in [1.807, 2.05) is 61.5 Å². The highest BCUT2D eigenvalue weighted by Gasteiger charge is 2.51. The van der Waals surface area contributed by atoms with Crippen LogP contribution in [0, 0.1) is 5.92 Å². The van der Waals surface area contributed by atoms with E-state index in [2.05, 4.69) is 24.1 Å². The fourth-order valence-corrected chi connectivity index (χ4v) is 5.76. The van der Waals surface area contributed by atoms with Gasteiger partial charge in [0, 0.05) is 43.9 Å². The monoisotopic (exact) mass is 532 g/mol. The Balaban J connectivity index is 1.23. The summed E-state index contributed by atoms with van der Waals surface area (Å²) in [6, 6.07) is 16.4. The van der Waals surface area contributed by atoms with Crippen molar-refractivity contribution in [3.63, 3.8) is 0 Å². The van der Waals surface area contributed by atoms with E-state index in [0.717, 1.165) is 24.3 Å². The van der Waals surface area contributed by atoms with Crippen LogP contribution in [-0.2, 0) is 20.8 Å². The number of fused-ring (bicyclic) bond motifs is 1. The molecule has 2 fully saturated rings. The average Bonchev–Trinajstić information content (AvgIpc) is 3.51. The molecule has 39 heavy (non-hydrogen) atoms. The average molecular weight is 533 g/mol. The van der Waals surface area contributed by atoms with E-state index in [9.17, 15) is 19.2 Å². The molecule has 0 aromatic heterocycles. The number of hydrogen-bond acceptors (Lipinski definition) is 5. The largest absolute Gasteiger partial charge is 0.372 e. The molecule has 3 unspecified atom stereocenters. The molecule has 2 heterocycles. The number of hydrogen-bond donors (Lipinski definition) is 1. The fourth-order valence-electron chi connectivity index (χ4n) is 5.76. The minimum absolute atomic E-state index is 0.0502. The zero-order valence-electron chi connectivity index (χ0n) is 23.3. The van der Waals surface area contributed by atoms with E-state index in [-0.39, 0.29) is 48.4 Å². The Morgan fingerprint density at radius 3 is 2.33 bits per heavy atom. The first-order valence-corrected chi connectivity index (χ1v) is 14.1. The van der Waals surface area contributed by atoms with Gasteiger partial charge in [0.1, 0.15) is 6.04 Å². The zero-order valence-corrected chi connectivity index (χ0v) is 23.3. The lowest BCUT2D eigenvalue weighted by Gasteiger charge is -2.25. The van der Waals surface area contributed by atoms with Crippen LogP contribution in [0.25, 0.3) is 0 Å². The topological polar surface area (TPSA) is 90.0 Å². The second-order valence-electron chi connectivity index (χ2n) is 10.6. The number of Topliss-reactive ketones (excluding diaryl/α,β-unsaturated/α-hetero) is 1. The van der Waals surface area contributed by atoms with Crippen LogP contribution < -0.4 is 10.2 Å². The lowest BCUT2D eigenvalue weighted by Crippen LogP contribution is -2.44. The lowest BCUT2D eigenvalue weighted by molar-refractivity contribution is -0.137. The van der Waals surface area contributed by atoms with E-state index in [4.69, 9.17) is 0 Å². The Bertz CT molecular complexity index is 1160. The van der Waals surface area contributed by atoms with Crippen LogP contribution in [0.2, 0.25) is 0 Å². The molecule has 3 atom stereocenters. The molecule has 0 spiro atoms. The molecule has 0 bridgehead atoms. The third-order valence-electron chi connectivity index (χ3n) is 7.97. The first-order valence-electron chi connectivity index (χ1n) is 14.1. The molecule has 8 heteroatoms. The molecule has 4 rings (SSSR count). The summed E-state index contributed by atoms with van der Waals surface area (Å²) in [7, 11) is 0. The second kappa shape index (κ2) is 12.9. The highest BCUT2D eigenvalue weighted by atomic mass is 16.2. The summed E-state index contributed by atoms with van der Waals surface area (Å²) in [5.41, 5.74) is 2.63. The highest BCUT2D eigenvalue weighted by molar-refractivity contribution is 5.98. The SMILES string of the molecule is CCN(CC)c1ccc(C(=O)NCCC(C)CC(=O)N2CCC3C2C(=O)CN3C(=O)Cc2ccccc2)cc1. The first-order chi connectivity index (χ1) is 18.8. The quantitative estimate of drug-likeness (QED) is 0.480. The van der Waals surface area contributed by atoms with Crippen molar-refractivity contribution in [1.29, 1.82) is 0 Å². The van der Waals surface area contributed by atoms with Crippen molar-refractivity contribution in [2.75, 3.05) is 37.6 Å². The summed E-state index contributed by atoms with van der Waals surface area (Å²) in [6.07, 6.45) is 1.85. The minimum Gasteiger partial charge on any atom is -0.372 e. The zero-order chi connectivity index (χ0) is 27.9. The van der Waals surface area contributed by atoms with Crippen LogP contribution in [0.4, 0.5) is 5.69 Å². The molecule has 0 aliphatic carbocycles. The van der Waals surface area contributed by atoms with Crippen LogP contribution in [0.5, 0.6) is 0 Å². The smallest absolute Gasteiger partial charge is 0.251 e. The van der Waals surface area contributed by atoms with Gasteiger partial charge in [-0.1, -0.05) is 37.3 Å². The van der Waals surface area contributed by atoms with Gasteiger partial charge in [0.05, 0.1) is 19.0 Å². The van der Waals surface area contributed by atoms with Gasteiger partial charge in [0.15, 0.2) is 5.78 Å². The molecule has 3 amide bonds. The third-order valence-corrected chi connectivity index (χ3v) is 7.97. The van der Waals surface area contributed by atoms with Crippen molar-refractivity contribution in [2.24, 2.45) is 5.92 Å². The maximum atomic E-state index is 13.1. The number of ketones is 1. The minimum atomic E-state index is -0.538. The molecule has 2 saturated heterocycles. The van der Waals surface area contributed by atoms with E-state index in [1.165, 1.54) is 0 Å². The van der Waals surface area contributed by atoms with Gasteiger partial charge in [0.2, 0.25) is 11.8 Å². The van der Waals surface area contributed by atoms with Gasteiger partial charge >= 0.3 is 0 Å². The van der Waals surface area contributed by atoms with E-state index >= 15 is 0 Å². The summed E-state index contributed by atoms with van der Waals surface area (Å²) in [4.78, 5) is 57.1.